The number of hydrogen-bond acceptors (Lipinski definition) is 3. The van der Waals surface area contributed by atoms with Crippen LogP contribution in [0.25, 0.3) is 0 Å². The summed E-state index contributed by atoms with van der Waals surface area (Å²) in [5.74, 6) is 0.666. The van der Waals surface area contributed by atoms with Crippen LogP contribution in [-0.4, -0.2) is 18.3 Å². The van der Waals surface area contributed by atoms with E-state index >= 15 is 0 Å². The van der Waals surface area contributed by atoms with Gasteiger partial charge >= 0.3 is 0 Å². The van der Waals surface area contributed by atoms with Crippen molar-refractivity contribution in [2.75, 3.05) is 13.1 Å². The second kappa shape index (κ2) is 8.23. The molecule has 0 unspecified atom stereocenters. The van der Waals surface area contributed by atoms with Crippen LogP contribution < -0.4 is 11.1 Å². The molecule has 4 heteroatoms. The SMILES string of the molecule is CC(C)Cc1ccc([C@H](C)SC(=O)NCCN)cc1. The van der Waals surface area contributed by atoms with Gasteiger partial charge in [0.05, 0.1) is 0 Å². The van der Waals surface area contributed by atoms with E-state index in [4.69, 9.17) is 5.73 Å². The molecule has 1 rings (SSSR count). The Balaban J connectivity index is 2.52. The van der Waals surface area contributed by atoms with Crippen LogP contribution in [0, 0.1) is 5.92 Å². The minimum Gasteiger partial charge on any atom is -0.346 e. The molecule has 0 heterocycles. The van der Waals surface area contributed by atoms with Crippen LogP contribution in [0.2, 0.25) is 0 Å². The van der Waals surface area contributed by atoms with Gasteiger partial charge in [-0.05, 0) is 30.4 Å². The number of benzene rings is 1. The maximum absolute atomic E-state index is 11.6. The van der Waals surface area contributed by atoms with Gasteiger partial charge in [0, 0.05) is 18.3 Å². The summed E-state index contributed by atoms with van der Waals surface area (Å²) in [6.07, 6.45) is 1.10. The van der Waals surface area contributed by atoms with Gasteiger partial charge < -0.3 is 11.1 Å². The highest BCUT2D eigenvalue weighted by atomic mass is 32.2. The van der Waals surface area contributed by atoms with Gasteiger partial charge in [0.25, 0.3) is 5.24 Å². The van der Waals surface area contributed by atoms with Gasteiger partial charge in [0.1, 0.15) is 0 Å². The maximum atomic E-state index is 11.6. The molecule has 3 N–H and O–H groups in total. The molecule has 0 aliphatic carbocycles. The normalized spacial score (nSPS) is 12.5. The van der Waals surface area contributed by atoms with Gasteiger partial charge in [-0.15, -0.1) is 0 Å². The number of hydrogen-bond donors (Lipinski definition) is 2. The van der Waals surface area contributed by atoms with E-state index in [0.29, 0.717) is 19.0 Å². The lowest BCUT2D eigenvalue weighted by Gasteiger charge is -2.12. The fraction of sp³-hybridized carbons (Fsp3) is 0.533. The quantitative estimate of drug-likeness (QED) is 0.840. The lowest BCUT2D eigenvalue weighted by Crippen LogP contribution is -2.26. The Hall–Kier alpha value is -1.00. The summed E-state index contributed by atoms with van der Waals surface area (Å²) in [7, 11) is 0. The number of rotatable bonds is 6. The van der Waals surface area contributed by atoms with E-state index in [1.807, 2.05) is 6.92 Å². The van der Waals surface area contributed by atoms with E-state index in [1.165, 1.54) is 22.9 Å². The summed E-state index contributed by atoms with van der Waals surface area (Å²) >= 11 is 1.31. The summed E-state index contributed by atoms with van der Waals surface area (Å²) in [5, 5.41) is 2.92. The van der Waals surface area contributed by atoms with Gasteiger partial charge in [-0.3, -0.25) is 4.79 Å². The third kappa shape index (κ3) is 6.12. The van der Waals surface area contributed by atoms with Crippen molar-refractivity contribution in [1.29, 1.82) is 0 Å². The second-order valence-corrected chi connectivity index (χ2v) is 6.42. The molecule has 1 amide bonds. The molecule has 0 aromatic heterocycles. The van der Waals surface area contributed by atoms with Crippen LogP contribution in [-0.2, 0) is 6.42 Å². The molecule has 106 valence electrons. The Bertz CT molecular complexity index is 390. The Morgan fingerprint density at radius 1 is 1.26 bits per heavy atom. The first-order valence-corrected chi connectivity index (χ1v) is 7.64. The zero-order chi connectivity index (χ0) is 14.3. The predicted octanol–water partition coefficient (Wildman–Crippen LogP) is 3.35. The molecule has 1 aromatic rings. The average molecular weight is 280 g/mol. The van der Waals surface area contributed by atoms with Gasteiger partial charge in [0.2, 0.25) is 0 Å². The Kier molecular flexibility index (Phi) is 6.95. The molecular weight excluding hydrogens is 256 g/mol. The van der Waals surface area contributed by atoms with Crippen LogP contribution in [0.3, 0.4) is 0 Å². The predicted molar refractivity (Wildman–Crippen MR) is 83.4 cm³/mol. The van der Waals surface area contributed by atoms with Gasteiger partial charge in [-0.1, -0.05) is 49.9 Å². The van der Waals surface area contributed by atoms with Crippen molar-refractivity contribution in [3.8, 4) is 0 Å². The second-order valence-electron chi connectivity index (χ2n) is 5.10. The third-order valence-electron chi connectivity index (χ3n) is 2.79. The van der Waals surface area contributed by atoms with Crippen LogP contribution in [0.15, 0.2) is 24.3 Å². The lowest BCUT2D eigenvalue weighted by atomic mass is 10.0. The Morgan fingerprint density at radius 3 is 2.42 bits per heavy atom. The Labute approximate surface area is 120 Å². The highest BCUT2D eigenvalue weighted by molar-refractivity contribution is 8.13. The van der Waals surface area contributed by atoms with Crippen LogP contribution in [0.1, 0.15) is 37.1 Å². The lowest BCUT2D eigenvalue weighted by molar-refractivity contribution is 0.261. The number of amides is 1. The number of nitrogens with one attached hydrogen (secondary N) is 1. The summed E-state index contributed by atoms with van der Waals surface area (Å²) in [6.45, 7) is 7.49. The van der Waals surface area contributed by atoms with Crippen molar-refractivity contribution in [2.24, 2.45) is 11.7 Å². The minimum atomic E-state index is -0.00999. The van der Waals surface area contributed by atoms with Crippen molar-refractivity contribution in [2.45, 2.75) is 32.4 Å². The molecule has 1 aromatic carbocycles. The minimum absolute atomic E-state index is 0.00999. The smallest absolute Gasteiger partial charge is 0.279 e. The van der Waals surface area contributed by atoms with E-state index in [0.717, 1.165) is 6.42 Å². The molecule has 0 aliphatic rings. The van der Waals surface area contributed by atoms with Crippen molar-refractivity contribution < 1.29 is 4.79 Å². The molecule has 0 spiro atoms. The van der Waals surface area contributed by atoms with Crippen LogP contribution in [0.5, 0.6) is 0 Å². The number of carbonyl (C=O) groups excluding carboxylic acids is 1. The molecule has 0 bridgehead atoms. The van der Waals surface area contributed by atoms with Crippen molar-refractivity contribution >= 4 is 17.0 Å². The molecule has 3 nitrogen and oxygen atoms in total. The highest BCUT2D eigenvalue weighted by Crippen LogP contribution is 2.28. The maximum Gasteiger partial charge on any atom is 0.279 e. The third-order valence-corrected chi connectivity index (χ3v) is 3.77. The zero-order valence-corrected chi connectivity index (χ0v) is 12.8. The standard InChI is InChI=1S/C15H24N2OS/c1-11(2)10-13-4-6-14(7-5-13)12(3)19-15(18)17-9-8-16/h4-7,11-12H,8-10,16H2,1-3H3,(H,17,18)/t12-/m0/s1. The summed E-state index contributed by atoms with van der Waals surface area (Å²) in [6, 6.07) is 8.55. The fourth-order valence-corrected chi connectivity index (χ4v) is 2.64. The van der Waals surface area contributed by atoms with Crippen molar-refractivity contribution in [1.82, 2.24) is 5.32 Å². The van der Waals surface area contributed by atoms with Gasteiger partial charge in [-0.2, -0.15) is 0 Å². The van der Waals surface area contributed by atoms with Gasteiger partial charge in [-0.25, -0.2) is 0 Å². The largest absolute Gasteiger partial charge is 0.346 e. The highest BCUT2D eigenvalue weighted by Gasteiger charge is 2.11. The molecule has 19 heavy (non-hydrogen) atoms. The van der Waals surface area contributed by atoms with Crippen molar-refractivity contribution in [3.63, 3.8) is 0 Å². The summed E-state index contributed by atoms with van der Waals surface area (Å²) in [5.41, 5.74) is 7.88. The van der Waals surface area contributed by atoms with E-state index in [9.17, 15) is 4.79 Å². The number of thioether (sulfide) groups is 1. The Morgan fingerprint density at radius 2 is 1.89 bits per heavy atom. The first-order chi connectivity index (χ1) is 9.02. The molecule has 0 saturated heterocycles. The zero-order valence-electron chi connectivity index (χ0n) is 12.0. The van der Waals surface area contributed by atoms with Crippen LogP contribution in [0.4, 0.5) is 4.79 Å². The molecule has 0 saturated carbocycles. The molecule has 0 aliphatic heterocycles. The first kappa shape index (κ1) is 16.1. The molecule has 0 fully saturated rings. The van der Waals surface area contributed by atoms with E-state index in [-0.39, 0.29) is 10.5 Å². The van der Waals surface area contributed by atoms with Gasteiger partial charge in [0.15, 0.2) is 0 Å². The molecule has 1 atom stereocenters. The fourth-order valence-electron chi connectivity index (χ4n) is 1.84. The van der Waals surface area contributed by atoms with E-state index in [2.05, 4.69) is 43.4 Å². The number of carbonyl (C=O) groups is 1. The molecular formula is C15H24N2OS. The average Bonchev–Trinajstić information content (AvgIpc) is 2.36. The summed E-state index contributed by atoms with van der Waals surface area (Å²) in [4.78, 5) is 11.6. The first-order valence-electron chi connectivity index (χ1n) is 6.76. The monoisotopic (exact) mass is 280 g/mol. The van der Waals surface area contributed by atoms with E-state index < -0.39 is 0 Å². The summed E-state index contributed by atoms with van der Waals surface area (Å²) < 4.78 is 0. The van der Waals surface area contributed by atoms with E-state index in [1.54, 1.807) is 0 Å². The topological polar surface area (TPSA) is 55.1 Å². The van der Waals surface area contributed by atoms with Crippen molar-refractivity contribution in [3.05, 3.63) is 35.4 Å². The molecule has 0 radical (unpaired) electrons. The van der Waals surface area contributed by atoms with Crippen LogP contribution >= 0.6 is 11.8 Å². The number of nitrogens with two attached hydrogens (primary N) is 1.